The number of carbonyl (C=O) groups excluding carboxylic acids is 1. The minimum atomic E-state index is -0.253. The molecule has 1 aromatic heterocycles. The molecule has 0 saturated carbocycles. The van der Waals surface area contributed by atoms with Gasteiger partial charge in [-0.2, -0.15) is 0 Å². The molecule has 2 atom stereocenters. The number of carbonyl (C=O) groups is 1. The Hall–Kier alpha value is -1.35. The third-order valence-electron chi connectivity index (χ3n) is 4.13. The Morgan fingerprint density at radius 2 is 2.15 bits per heavy atom. The highest BCUT2D eigenvalue weighted by Crippen LogP contribution is 2.37. The quantitative estimate of drug-likeness (QED) is 0.763. The number of nitrogens with two attached hydrogens (primary N) is 1. The fraction of sp³-hybridized carbons (Fsp3) is 0.533. The van der Waals surface area contributed by atoms with Gasteiger partial charge in [0.25, 0.3) is 5.91 Å². The van der Waals surface area contributed by atoms with Crippen LogP contribution in [0.25, 0.3) is 0 Å². The first-order chi connectivity index (χ1) is 9.70. The van der Waals surface area contributed by atoms with Gasteiger partial charge in [-0.15, -0.1) is 11.3 Å². The van der Waals surface area contributed by atoms with Crippen LogP contribution < -0.4 is 5.73 Å². The summed E-state index contributed by atoms with van der Waals surface area (Å²) in [6.45, 7) is 0.296. The molecule has 3 heterocycles. The van der Waals surface area contributed by atoms with Gasteiger partial charge in [0.2, 0.25) is 0 Å². The Morgan fingerprint density at radius 3 is 2.80 bits per heavy atom. The molecule has 2 aliphatic rings. The van der Waals surface area contributed by atoms with E-state index in [0.717, 1.165) is 18.4 Å². The minimum absolute atomic E-state index is 0.0701. The van der Waals surface area contributed by atoms with E-state index < -0.39 is 0 Å². The van der Waals surface area contributed by atoms with Gasteiger partial charge in [0.1, 0.15) is 4.88 Å². The standard InChI is InChI=1S/C15H18N2O2S/c16-6-1-2-10-5-7-20-14(10)15(19)17-11-3-4-12(17)9-13(18)8-11/h5,7,11-13,18H,3-4,6,8-9,16H2. The number of hydrogen-bond donors (Lipinski definition) is 2. The van der Waals surface area contributed by atoms with Crippen molar-refractivity contribution in [2.75, 3.05) is 6.54 Å². The molecular weight excluding hydrogens is 272 g/mol. The van der Waals surface area contributed by atoms with Crippen molar-refractivity contribution < 1.29 is 9.90 Å². The largest absolute Gasteiger partial charge is 0.393 e. The molecule has 0 aromatic carbocycles. The van der Waals surface area contributed by atoms with E-state index in [4.69, 9.17) is 5.73 Å². The van der Waals surface area contributed by atoms with Crippen LogP contribution in [0.2, 0.25) is 0 Å². The zero-order valence-electron chi connectivity index (χ0n) is 11.2. The molecule has 1 aromatic rings. The lowest BCUT2D eigenvalue weighted by molar-refractivity contribution is 0.0290. The molecule has 2 fully saturated rings. The van der Waals surface area contributed by atoms with E-state index in [9.17, 15) is 9.90 Å². The molecule has 2 bridgehead atoms. The van der Waals surface area contributed by atoms with Gasteiger partial charge in [0, 0.05) is 17.6 Å². The summed E-state index contributed by atoms with van der Waals surface area (Å²) in [4.78, 5) is 15.5. The van der Waals surface area contributed by atoms with Gasteiger partial charge in [0.05, 0.1) is 12.6 Å². The average molecular weight is 290 g/mol. The van der Waals surface area contributed by atoms with Crippen LogP contribution in [0.15, 0.2) is 11.4 Å². The van der Waals surface area contributed by atoms with Crippen LogP contribution in [0.3, 0.4) is 0 Å². The molecule has 2 unspecified atom stereocenters. The first-order valence-corrected chi connectivity index (χ1v) is 7.86. The maximum atomic E-state index is 12.8. The summed E-state index contributed by atoms with van der Waals surface area (Å²) >= 11 is 1.44. The van der Waals surface area contributed by atoms with Crippen molar-refractivity contribution in [3.63, 3.8) is 0 Å². The second-order valence-electron chi connectivity index (χ2n) is 5.39. The van der Waals surface area contributed by atoms with Crippen LogP contribution in [0, 0.1) is 11.8 Å². The zero-order chi connectivity index (χ0) is 14.1. The number of nitrogens with zero attached hydrogens (tertiary/aromatic N) is 1. The number of hydrogen-bond acceptors (Lipinski definition) is 4. The van der Waals surface area contributed by atoms with Crippen LogP contribution >= 0.6 is 11.3 Å². The average Bonchev–Trinajstić information content (AvgIpc) is 2.99. The van der Waals surface area contributed by atoms with Gasteiger partial charge in [-0.25, -0.2) is 0 Å². The normalized spacial score (nSPS) is 28.1. The second kappa shape index (κ2) is 5.57. The number of thiophene rings is 1. The molecular formula is C15H18N2O2S. The molecule has 5 heteroatoms. The number of aliphatic hydroxyl groups is 1. The molecule has 2 aliphatic heterocycles. The van der Waals surface area contributed by atoms with E-state index in [1.807, 2.05) is 16.3 Å². The van der Waals surface area contributed by atoms with E-state index in [0.29, 0.717) is 24.3 Å². The fourth-order valence-electron chi connectivity index (χ4n) is 3.32. The SMILES string of the molecule is NCC#Cc1ccsc1C(=O)N1C2CCC1CC(O)C2. The smallest absolute Gasteiger partial charge is 0.265 e. The molecule has 2 saturated heterocycles. The number of aliphatic hydroxyl groups excluding tert-OH is 1. The minimum Gasteiger partial charge on any atom is -0.393 e. The van der Waals surface area contributed by atoms with Gasteiger partial charge in [-0.05, 0) is 37.1 Å². The summed E-state index contributed by atoms with van der Waals surface area (Å²) in [5.74, 6) is 5.85. The van der Waals surface area contributed by atoms with Crippen molar-refractivity contribution in [1.29, 1.82) is 0 Å². The van der Waals surface area contributed by atoms with Crippen molar-refractivity contribution in [1.82, 2.24) is 4.90 Å². The maximum absolute atomic E-state index is 12.8. The maximum Gasteiger partial charge on any atom is 0.265 e. The summed E-state index contributed by atoms with van der Waals surface area (Å²) in [6, 6.07) is 2.25. The Balaban J connectivity index is 1.85. The number of piperidine rings is 1. The second-order valence-corrected chi connectivity index (χ2v) is 6.31. The third-order valence-corrected chi connectivity index (χ3v) is 5.03. The van der Waals surface area contributed by atoms with Gasteiger partial charge in [-0.3, -0.25) is 4.79 Å². The third kappa shape index (κ3) is 2.35. The highest BCUT2D eigenvalue weighted by atomic mass is 32.1. The number of fused-ring (bicyclic) bond motifs is 2. The van der Waals surface area contributed by atoms with Gasteiger partial charge in [0.15, 0.2) is 0 Å². The highest BCUT2D eigenvalue weighted by molar-refractivity contribution is 7.12. The van der Waals surface area contributed by atoms with Crippen molar-refractivity contribution in [2.24, 2.45) is 5.73 Å². The Kier molecular flexibility index (Phi) is 3.79. The zero-order valence-corrected chi connectivity index (χ0v) is 12.0. The monoisotopic (exact) mass is 290 g/mol. The number of amides is 1. The summed E-state index contributed by atoms with van der Waals surface area (Å²) in [5, 5.41) is 11.7. The molecule has 3 rings (SSSR count). The molecule has 0 aliphatic carbocycles. The van der Waals surface area contributed by atoms with Crippen LogP contribution in [-0.4, -0.2) is 40.6 Å². The van der Waals surface area contributed by atoms with Crippen molar-refractivity contribution >= 4 is 17.2 Å². The van der Waals surface area contributed by atoms with Gasteiger partial charge in [-0.1, -0.05) is 11.8 Å². The van der Waals surface area contributed by atoms with Gasteiger partial charge >= 0.3 is 0 Å². The number of rotatable bonds is 1. The van der Waals surface area contributed by atoms with Gasteiger partial charge < -0.3 is 15.7 Å². The summed E-state index contributed by atoms with van der Waals surface area (Å²) in [5.41, 5.74) is 6.16. The Bertz CT molecular complexity index is 558. The molecule has 3 N–H and O–H groups in total. The summed E-state index contributed by atoms with van der Waals surface area (Å²) in [6.07, 6.45) is 3.16. The first kappa shape index (κ1) is 13.6. The Labute approximate surface area is 122 Å². The van der Waals surface area contributed by atoms with Crippen molar-refractivity contribution in [3.05, 3.63) is 21.9 Å². The molecule has 1 amide bonds. The first-order valence-electron chi connectivity index (χ1n) is 6.98. The summed E-state index contributed by atoms with van der Waals surface area (Å²) < 4.78 is 0. The van der Waals surface area contributed by atoms with Crippen LogP contribution in [0.5, 0.6) is 0 Å². The summed E-state index contributed by atoms with van der Waals surface area (Å²) in [7, 11) is 0. The molecule has 20 heavy (non-hydrogen) atoms. The molecule has 0 radical (unpaired) electrons. The topological polar surface area (TPSA) is 66.6 Å². The molecule has 0 spiro atoms. The lowest BCUT2D eigenvalue weighted by Gasteiger charge is -2.37. The van der Waals surface area contributed by atoms with E-state index in [1.165, 1.54) is 11.3 Å². The van der Waals surface area contributed by atoms with E-state index in [-0.39, 0.29) is 24.1 Å². The van der Waals surface area contributed by atoms with Crippen molar-refractivity contribution in [3.8, 4) is 11.8 Å². The molecule has 4 nitrogen and oxygen atoms in total. The fourth-order valence-corrected chi connectivity index (χ4v) is 4.11. The lowest BCUT2D eigenvalue weighted by Crippen LogP contribution is -2.47. The van der Waals surface area contributed by atoms with E-state index in [1.54, 1.807) is 0 Å². The Morgan fingerprint density at radius 1 is 1.45 bits per heavy atom. The van der Waals surface area contributed by atoms with E-state index in [2.05, 4.69) is 11.8 Å². The molecule has 106 valence electrons. The predicted molar refractivity (Wildman–Crippen MR) is 78.5 cm³/mol. The van der Waals surface area contributed by atoms with Crippen LogP contribution in [-0.2, 0) is 0 Å². The lowest BCUT2D eigenvalue weighted by atomic mass is 9.99. The van der Waals surface area contributed by atoms with Crippen LogP contribution in [0.1, 0.15) is 40.9 Å². The highest BCUT2D eigenvalue weighted by Gasteiger charge is 2.43. The van der Waals surface area contributed by atoms with Crippen molar-refractivity contribution in [2.45, 2.75) is 43.9 Å². The predicted octanol–water partition coefficient (Wildman–Crippen LogP) is 1.19. The van der Waals surface area contributed by atoms with Crippen LogP contribution in [0.4, 0.5) is 0 Å². The van der Waals surface area contributed by atoms with E-state index >= 15 is 0 Å².